The highest BCUT2D eigenvalue weighted by Crippen LogP contribution is 2.50. The molecule has 3 heterocycles. The molecular formula is C19H20N4O6S. The Labute approximate surface area is 175 Å². The van der Waals surface area contributed by atoms with Crippen molar-refractivity contribution < 1.29 is 23.9 Å². The number of para-hydroxylation sites is 2. The van der Waals surface area contributed by atoms with Gasteiger partial charge in [-0.3, -0.25) is 9.59 Å². The number of amides is 2. The maximum Gasteiger partial charge on any atom is 0.327 e. The molecule has 1 aromatic heterocycles. The Bertz CT molecular complexity index is 1160. The van der Waals surface area contributed by atoms with E-state index in [0.29, 0.717) is 9.16 Å². The van der Waals surface area contributed by atoms with Crippen molar-refractivity contribution >= 4 is 40.6 Å². The van der Waals surface area contributed by atoms with E-state index in [1.54, 1.807) is 26.0 Å². The molecule has 2 aromatic rings. The number of nitrogens with one attached hydrogen (secondary N) is 1. The summed E-state index contributed by atoms with van der Waals surface area (Å²) in [7, 11) is 0. The second-order valence-corrected chi connectivity index (χ2v) is 9.70. The van der Waals surface area contributed by atoms with Crippen LogP contribution in [0.5, 0.6) is 0 Å². The summed E-state index contributed by atoms with van der Waals surface area (Å²) in [4.78, 5) is 50.7. The molecule has 2 aliphatic rings. The predicted molar refractivity (Wildman–Crippen MR) is 108 cm³/mol. The third kappa shape index (κ3) is 2.83. The van der Waals surface area contributed by atoms with E-state index in [0.717, 1.165) is 0 Å². The molecule has 11 heteroatoms. The van der Waals surface area contributed by atoms with Gasteiger partial charge in [-0.05, 0) is 26.8 Å². The number of nitrogens with zero attached hydrogens (tertiary/aromatic N) is 3. The normalized spacial score (nSPS) is 24.4. The van der Waals surface area contributed by atoms with Gasteiger partial charge in [0.2, 0.25) is 11.8 Å². The van der Waals surface area contributed by atoms with Gasteiger partial charge in [-0.1, -0.05) is 12.1 Å². The van der Waals surface area contributed by atoms with Gasteiger partial charge in [-0.2, -0.15) is 0 Å². The van der Waals surface area contributed by atoms with E-state index < -0.39 is 40.0 Å². The van der Waals surface area contributed by atoms with Gasteiger partial charge < -0.3 is 25.3 Å². The first-order valence-corrected chi connectivity index (χ1v) is 10.2. The molecule has 30 heavy (non-hydrogen) atoms. The fourth-order valence-electron chi connectivity index (χ4n) is 4.12. The average Bonchev–Trinajstić information content (AvgIpc) is 2.95. The zero-order chi connectivity index (χ0) is 22.0. The lowest BCUT2D eigenvalue weighted by atomic mass is 9.96. The van der Waals surface area contributed by atoms with E-state index in [1.807, 2.05) is 0 Å². The molecule has 3 atom stereocenters. The number of fused-ring (bicyclic) bond motifs is 2. The van der Waals surface area contributed by atoms with Gasteiger partial charge in [0.25, 0.3) is 11.2 Å². The average molecular weight is 432 g/mol. The predicted octanol–water partition coefficient (Wildman–Crippen LogP) is 0.384. The highest BCUT2D eigenvalue weighted by Gasteiger charge is 2.64. The number of aliphatic carboxylic acids is 1. The lowest BCUT2D eigenvalue weighted by Crippen LogP contribution is -2.70. The summed E-state index contributed by atoms with van der Waals surface area (Å²) in [5.74, 6) is -2.15. The van der Waals surface area contributed by atoms with Crippen molar-refractivity contribution in [2.45, 2.75) is 49.4 Å². The van der Waals surface area contributed by atoms with E-state index in [9.17, 15) is 29.6 Å². The molecule has 2 aliphatic heterocycles. The molecule has 0 saturated carbocycles. The minimum atomic E-state index is -1.09. The van der Waals surface area contributed by atoms with Crippen LogP contribution in [0.25, 0.3) is 11.0 Å². The highest BCUT2D eigenvalue weighted by atomic mass is 32.2. The first-order chi connectivity index (χ1) is 14.0. The molecule has 158 valence electrons. The van der Waals surface area contributed by atoms with Crippen molar-refractivity contribution in [1.29, 1.82) is 0 Å². The van der Waals surface area contributed by atoms with Crippen LogP contribution >= 0.6 is 11.8 Å². The number of carboxylic acids is 1. The lowest BCUT2D eigenvalue weighted by Gasteiger charge is -2.43. The second kappa shape index (κ2) is 6.73. The number of rotatable bonds is 4. The summed E-state index contributed by atoms with van der Waals surface area (Å²) in [5, 5.41) is 24.0. The monoisotopic (exact) mass is 432 g/mol. The molecule has 2 fully saturated rings. The molecule has 2 saturated heterocycles. The maximum absolute atomic E-state index is 12.7. The number of aromatic nitrogens is 2. The molecule has 2 amide bonds. The Kier molecular flexibility index (Phi) is 4.53. The first kappa shape index (κ1) is 20.2. The molecule has 0 spiro atoms. The van der Waals surface area contributed by atoms with Crippen LogP contribution in [0.1, 0.15) is 25.2 Å². The Morgan fingerprint density at radius 2 is 2.00 bits per heavy atom. The second-order valence-electron chi connectivity index (χ2n) is 7.93. The van der Waals surface area contributed by atoms with E-state index in [2.05, 4.69) is 5.32 Å². The van der Waals surface area contributed by atoms with Crippen LogP contribution in [0.15, 0.2) is 24.3 Å². The van der Waals surface area contributed by atoms with Crippen LogP contribution in [-0.2, 0) is 20.8 Å². The van der Waals surface area contributed by atoms with E-state index in [1.165, 1.54) is 35.7 Å². The molecule has 10 nitrogen and oxygen atoms in total. The molecule has 0 bridgehead atoms. The Hall–Kier alpha value is -3.08. The topological polar surface area (TPSA) is 138 Å². The molecular weight excluding hydrogens is 412 g/mol. The number of hydrogen-bond donors (Lipinski definition) is 2. The summed E-state index contributed by atoms with van der Waals surface area (Å²) in [5.41, 5.74) is 0.433. The van der Waals surface area contributed by atoms with Crippen LogP contribution in [0.4, 0.5) is 0 Å². The summed E-state index contributed by atoms with van der Waals surface area (Å²) in [6.45, 7) is 4.94. The van der Waals surface area contributed by atoms with Gasteiger partial charge in [0.05, 0.1) is 10.1 Å². The number of hydrogen-bond acceptors (Lipinski definition) is 6. The van der Waals surface area contributed by atoms with Gasteiger partial charge >= 0.3 is 5.97 Å². The van der Waals surface area contributed by atoms with Crippen molar-refractivity contribution in [2.24, 2.45) is 0 Å². The number of carbonyl (C=O) groups excluding carboxylic acids is 2. The van der Waals surface area contributed by atoms with Gasteiger partial charge in [-0.15, -0.1) is 11.8 Å². The number of thioether (sulfide) groups is 1. The van der Waals surface area contributed by atoms with E-state index in [-0.39, 0.29) is 28.8 Å². The first-order valence-electron chi connectivity index (χ1n) is 9.30. The van der Waals surface area contributed by atoms with Gasteiger partial charge in [0.1, 0.15) is 29.4 Å². The molecule has 0 unspecified atom stereocenters. The summed E-state index contributed by atoms with van der Waals surface area (Å²) in [6, 6.07) is 4.43. The van der Waals surface area contributed by atoms with Crippen molar-refractivity contribution in [3.63, 3.8) is 0 Å². The van der Waals surface area contributed by atoms with Crippen molar-refractivity contribution in [3.05, 3.63) is 45.8 Å². The van der Waals surface area contributed by atoms with Gasteiger partial charge in [-0.25, -0.2) is 4.79 Å². The van der Waals surface area contributed by atoms with Crippen molar-refractivity contribution in [2.75, 3.05) is 0 Å². The zero-order valence-electron chi connectivity index (χ0n) is 16.5. The number of benzene rings is 1. The smallest absolute Gasteiger partial charge is 0.327 e. The number of β-lactam (4-membered cyclic amide) rings is 1. The number of carboxylic acid groups (broad SMARTS) is 1. The van der Waals surface area contributed by atoms with Crippen LogP contribution in [-0.4, -0.2) is 54.7 Å². The third-order valence-electron chi connectivity index (χ3n) is 5.61. The highest BCUT2D eigenvalue weighted by molar-refractivity contribution is 8.01. The van der Waals surface area contributed by atoms with Gasteiger partial charge in [0, 0.05) is 15.7 Å². The van der Waals surface area contributed by atoms with Crippen LogP contribution in [0, 0.1) is 17.0 Å². The van der Waals surface area contributed by atoms with Crippen molar-refractivity contribution in [3.8, 4) is 0 Å². The standard InChI is InChI=1S/C19H20N4O6S/c1-9-12(23(29)11-7-5-4-6-10(11)22(9)28)8-13(24)20-14-16(25)21-15(18(26)27)19(2,3)30-17(14)21/h4-7,14-15,17H,8H2,1-3H3,(H,20,24)(H,26,27)/t14-,15+,17-/m1/s1. The third-order valence-corrected chi connectivity index (χ3v) is 7.18. The lowest BCUT2D eigenvalue weighted by molar-refractivity contribution is -0.475. The minimum absolute atomic E-state index is 0.00681. The quantitative estimate of drug-likeness (QED) is 0.526. The molecule has 0 aliphatic carbocycles. The largest absolute Gasteiger partial charge is 0.805 e. The fraction of sp³-hybridized carbons (Fsp3) is 0.421. The maximum atomic E-state index is 12.7. The summed E-state index contributed by atoms with van der Waals surface area (Å²) < 4.78 is 0.462. The van der Waals surface area contributed by atoms with Crippen LogP contribution in [0.3, 0.4) is 0 Å². The zero-order valence-corrected chi connectivity index (χ0v) is 17.3. The summed E-state index contributed by atoms with van der Waals surface area (Å²) >= 11 is 1.31. The van der Waals surface area contributed by atoms with Gasteiger partial charge in [0.15, 0.2) is 0 Å². The Balaban J connectivity index is 1.55. The van der Waals surface area contributed by atoms with Crippen molar-refractivity contribution in [1.82, 2.24) is 14.9 Å². The molecule has 0 radical (unpaired) electrons. The number of carbonyl (C=O) groups is 3. The fourth-order valence-corrected chi connectivity index (χ4v) is 5.74. The minimum Gasteiger partial charge on any atom is -0.805 e. The molecule has 2 N–H and O–H groups in total. The SMILES string of the molecule is Cc1c(CC(=O)N[C@@H]2C(=O)N3[C@@H]2SC(C)(C)[C@@H]3C(=O)O)[n+](=O)c2ccccc2n1[O-]. The van der Waals surface area contributed by atoms with E-state index >= 15 is 0 Å². The van der Waals surface area contributed by atoms with E-state index in [4.69, 9.17) is 0 Å². The Morgan fingerprint density at radius 1 is 1.33 bits per heavy atom. The molecule has 1 aromatic carbocycles. The molecule has 4 rings (SSSR count). The Morgan fingerprint density at radius 3 is 2.67 bits per heavy atom. The summed E-state index contributed by atoms with van der Waals surface area (Å²) in [6.07, 6.45) is -0.380. The van der Waals surface area contributed by atoms with Crippen LogP contribution < -0.4 is 9.74 Å². The van der Waals surface area contributed by atoms with Crippen LogP contribution in [0.2, 0.25) is 0 Å².